The molecule has 1 heterocycles. The Balaban J connectivity index is 1.80. The van der Waals surface area contributed by atoms with Gasteiger partial charge in [0.1, 0.15) is 0 Å². The Morgan fingerprint density at radius 2 is 2.15 bits per heavy atom. The zero-order chi connectivity index (χ0) is 9.26. The van der Waals surface area contributed by atoms with E-state index in [1.165, 1.54) is 38.9 Å². The lowest BCUT2D eigenvalue weighted by molar-refractivity contribution is 0.269. The molecule has 3 unspecified atom stereocenters. The van der Waals surface area contributed by atoms with Gasteiger partial charge in [-0.1, -0.05) is 13.8 Å². The maximum absolute atomic E-state index is 3.62. The standard InChI is InChI=1S/C11H22N2/c1-3-10-4-6-13(7-5-12-10)11-8-9(11)2/h9-12H,3-8H2,1-2H3. The molecule has 0 aromatic rings. The van der Waals surface area contributed by atoms with E-state index >= 15 is 0 Å². The van der Waals surface area contributed by atoms with Gasteiger partial charge in [0.25, 0.3) is 0 Å². The molecule has 1 saturated heterocycles. The Kier molecular flexibility index (Phi) is 2.89. The Labute approximate surface area is 81.7 Å². The van der Waals surface area contributed by atoms with Crippen molar-refractivity contribution in [3.05, 3.63) is 0 Å². The van der Waals surface area contributed by atoms with Crippen molar-refractivity contribution in [3.63, 3.8) is 0 Å². The summed E-state index contributed by atoms with van der Waals surface area (Å²) in [6.07, 6.45) is 4.07. The summed E-state index contributed by atoms with van der Waals surface area (Å²) in [7, 11) is 0. The molecule has 3 atom stereocenters. The van der Waals surface area contributed by atoms with Crippen molar-refractivity contribution in [1.29, 1.82) is 0 Å². The van der Waals surface area contributed by atoms with Crippen LogP contribution in [0.2, 0.25) is 0 Å². The van der Waals surface area contributed by atoms with Gasteiger partial charge in [0.15, 0.2) is 0 Å². The SMILES string of the molecule is CCC1CCN(C2CC2C)CCN1. The molecule has 2 fully saturated rings. The zero-order valence-electron chi connectivity index (χ0n) is 8.92. The minimum Gasteiger partial charge on any atom is -0.313 e. The third-order valence-electron chi connectivity index (χ3n) is 3.63. The average Bonchev–Trinajstić information content (AvgIpc) is 2.87. The lowest BCUT2D eigenvalue weighted by Crippen LogP contribution is -2.31. The Hall–Kier alpha value is -0.0800. The van der Waals surface area contributed by atoms with Crippen molar-refractivity contribution in [2.24, 2.45) is 5.92 Å². The van der Waals surface area contributed by atoms with Crippen LogP contribution in [0, 0.1) is 5.92 Å². The quantitative estimate of drug-likeness (QED) is 0.695. The number of nitrogens with zero attached hydrogens (tertiary/aromatic N) is 1. The van der Waals surface area contributed by atoms with Crippen LogP contribution in [0.3, 0.4) is 0 Å². The van der Waals surface area contributed by atoms with E-state index in [2.05, 4.69) is 24.1 Å². The molecule has 2 rings (SSSR count). The van der Waals surface area contributed by atoms with Crippen LogP contribution in [0.1, 0.15) is 33.1 Å². The Morgan fingerprint density at radius 3 is 2.77 bits per heavy atom. The van der Waals surface area contributed by atoms with Crippen LogP contribution in [-0.2, 0) is 0 Å². The molecule has 13 heavy (non-hydrogen) atoms. The molecule has 1 aliphatic heterocycles. The van der Waals surface area contributed by atoms with Crippen molar-refractivity contribution in [2.75, 3.05) is 19.6 Å². The molecule has 76 valence electrons. The summed E-state index contributed by atoms with van der Waals surface area (Å²) >= 11 is 0. The van der Waals surface area contributed by atoms with Crippen LogP contribution in [0.25, 0.3) is 0 Å². The first-order valence-corrected chi connectivity index (χ1v) is 5.78. The predicted molar refractivity (Wildman–Crippen MR) is 55.8 cm³/mol. The first-order chi connectivity index (χ1) is 6.31. The van der Waals surface area contributed by atoms with Crippen LogP contribution in [0.15, 0.2) is 0 Å². The largest absolute Gasteiger partial charge is 0.313 e. The highest BCUT2D eigenvalue weighted by Crippen LogP contribution is 2.35. The number of rotatable bonds is 2. The molecule has 0 amide bonds. The Bertz CT molecular complexity index is 169. The van der Waals surface area contributed by atoms with Gasteiger partial charge in [-0.25, -0.2) is 0 Å². The molecule has 0 aromatic heterocycles. The van der Waals surface area contributed by atoms with Crippen LogP contribution in [0.4, 0.5) is 0 Å². The summed E-state index contributed by atoms with van der Waals surface area (Å²) < 4.78 is 0. The number of nitrogens with one attached hydrogen (secondary N) is 1. The Morgan fingerprint density at radius 1 is 1.38 bits per heavy atom. The van der Waals surface area contributed by atoms with Crippen molar-refractivity contribution in [3.8, 4) is 0 Å². The highest BCUT2D eigenvalue weighted by molar-refractivity contribution is 4.93. The van der Waals surface area contributed by atoms with E-state index in [1.54, 1.807) is 0 Å². The van der Waals surface area contributed by atoms with Gasteiger partial charge in [-0.05, 0) is 31.7 Å². The third kappa shape index (κ3) is 2.23. The maximum atomic E-state index is 3.62. The molecular weight excluding hydrogens is 160 g/mol. The summed E-state index contributed by atoms with van der Waals surface area (Å²) in [4.78, 5) is 2.69. The van der Waals surface area contributed by atoms with E-state index in [9.17, 15) is 0 Å². The predicted octanol–water partition coefficient (Wildman–Crippen LogP) is 1.47. The lowest BCUT2D eigenvalue weighted by Gasteiger charge is -2.19. The molecule has 1 saturated carbocycles. The second-order valence-corrected chi connectivity index (χ2v) is 4.66. The van der Waals surface area contributed by atoms with Gasteiger partial charge in [0.05, 0.1) is 0 Å². The normalized spacial score (nSPS) is 41.5. The number of hydrogen-bond acceptors (Lipinski definition) is 2. The molecule has 0 bridgehead atoms. The van der Waals surface area contributed by atoms with Crippen molar-refractivity contribution in [2.45, 2.75) is 45.2 Å². The molecule has 0 spiro atoms. The molecular formula is C11H22N2. The van der Waals surface area contributed by atoms with Gasteiger partial charge in [-0.15, -0.1) is 0 Å². The van der Waals surface area contributed by atoms with E-state index < -0.39 is 0 Å². The van der Waals surface area contributed by atoms with Crippen molar-refractivity contribution >= 4 is 0 Å². The molecule has 2 heteroatoms. The summed E-state index contributed by atoms with van der Waals surface area (Å²) in [5, 5.41) is 3.62. The minimum absolute atomic E-state index is 0.777. The molecule has 1 N–H and O–H groups in total. The van der Waals surface area contributed by atoms with Crippen molar-refractivity contribution < 1.29 is 0 Å². The highest BCUT2D eigenvalue weighted by atomic mass is 15.2. The van der Waals surface area contributed by atoms with E-state index in [1.807, 2.05) is 0 Å². The summed E-state index contributed by atoms with van der Waals surface area (Å²) in [6, 6.07) is 1.71. The summed E-state index contributed by atoms with van der Waals surface area (Å²) in [5.74, 6) is 0.971. The first-order valence-electron chi connectivity index (χ1n) is 5.78. The molecule has 2 nitrogen and oxygen atoms in total. The van der Waals surface area contributed by atoms with Gasteiger partial charge in [0.2, 0.25) is 0 Å². The smallest absolute Gasteiger partial charge is 0.0125 e. The van der Waals surface area contributed by atoms with Gasteiger partial charge >= 0.3 is 0 Å². The topological polar surface area (TPSA) is 15.3 Å². The fourth-order valence-corrected chi connectivity index (χ4v) is 2.44. The summed E-state index contributed by atoms with van der Waals surface area (Å²) in [5.41, 5.74) is 0. The van der Waals surface area contributed by atoms with Gasteiger partial charge < -0.3 is 5.32 Å². The van der Waals surface area contributed by atoms with Crippen LogP contribution in [0.5, 0.6) is 0 Å². The first kappa shape index (κ1) is 9.47. The minimum atomic E-state index is 0.777. The fourth-order valence-electron chi connectivity index (χ4n) is 2.44. The lowest BCUT2D eigenvalue weighted by atomic mass is 10.1. The van der Waals surface area contributed by atoms with Crippen molar-refractivity contribution in [1.82, 2.24) is 10.2 Å². The fraction of sp³-hybridized carbons (Fsp3) is 1.00. The highest BCUT2D eigenvalue weighted by Gasteiger charge is 2.38. The van der Waals surface area contributed by atoms with Gasteiger partial charge in [-0.3, -0.25) is 4.90 Å². The van der Waals surface area contributed by atoms with Gasteiger partial charge in [0, 0.05) is 25.2 Å². The maximum Gasteiger partial charge on any atom is 0.0125 e. The molecule has 0 radical (unpaired) electrons. The zero-order valence-corrected chi connectivity index (χ0v) is 8.92. The third-order valence-corrected chi connectivity index (χ3v) is 3.63. The van der Waals surface area contributed by atoms with E-state index in [4.69, 9.17) is 0 Å². The molecule has 0 aromatic carbocycles. The molecule has 1 aliphatic carbocycles. The average molecular weight is 182 g/mol. The van der Waals surface area contributed by atoms with Crippen LogP contribution in [-0.4, -0.2) is 36.6 Å². The summed E-state index contributed by atoms with van der Waals surface area (Å²) in [6.45, 7) is 8.45. The molecule has 2 aliphatic rings. The van der Waals surface area contributed by atoms with Crippen LogP contribution >= 0.6 is 0 Å². The monoisotopic (exact) mass is 182 g/mol. The van der Waals surface area contributed by atoms with E-state index in [0.717, 1.165) is 18.0 Å². The van der Waals surface area contributed by atoms with Gasteiger partial charge in [-0.2, -0.15) is 0 Å². The van der Waals surface area contributed by atoms with E-state index in [0.29, 0.717) is 0 Å². The second-order valence-electron chi connectivity index (χ2n) is 4.66. The van der Waals surface area contributed by atoms with Crippen LogP contribution < -0.4 is 5.32 Å². The van der Waals surface area contributed by atoms with E-state index in [-0.39, 0.29) is 0 Å². The second kappa shape index (κ2) is 3.97. The number of hydrogen-bond donors (Lipinski definition) is 1.